The van der Waals surface area contributed by atoms with Crippen molar-refractivity contribution in [3.05, 3.63) is 11.1 Å². The molecule has 0 bridgehead atoms. The fraction of sp³-hybridized carbons (Fsp3) is 0.600. The van der Waals surface area contributed by atoms with Crippen molar-refractivity contribution in [2.24, 2.45) is 0 Å². The van der Waals surface area contributed by atoms with Crippen molar-refractivity contribution in [1.82, 2.24) is 4.98 Å². The van der Waals surface area contributed by atoms with Crippen LogP contribution in [0.3, 0.4) is 0 Å². The molecular formula is C10H16N2O2S2. The zero-order valence-electron chi connectivity index (χ0n) is 9.49. The van der Waals surface area contributed by atoms with Crippen LogP contribution in [0.4, 0.5) is 5.13 Å². The molecule has 4 nitrogen and oxygen atoms in total. The summed E-state index contributed by atoms with van der Waals surface area (Å²) in [5.74, 6) is 0.829. The highest BCUT2D eigenvalue weighted by Gasteiger charge is 2.07. The summed E-state index contributed by atoms with van der Waals surface area (Å²) in [4.78, 5) is 15.5. The average molecular weight is 260 g/mol. The number of ether oxygens (including phenoxy) is 1. The van der Waals surface area contributed by atoms with E-state index in [9.17, 15) is 4.79 Å². The molecule has 1 rings (SSSR count). The van der Waals surface area contributed by atoms with Crippen LogP contribution in [0, 0.1) is 0 Å². The Balaban J connectivity index is 2.36. The summed E-state index contributed by atoms with van der Waals surface area (Å²) in [5, 5.41) is 5.96. The highest BCUT2D eigenvalue weighted by molar-refractivity contribution is 7.98. The summed E-state index contributed by atoms with van der Waals surface area (Å²) in [6.45, 7) is 3.11. The van der Waals surface area contributed by atoms with Gasteiger partial charge in [0.25, 0.3) is 0 Å². The minimum absolute atomic E-state index is 0.219. The lowest BCUT2D eigenvalue weighted by Crippen LogP contribution is -2.08. The van der Waals surface area contributed by atoms with E-state index in [1.807, 2.05) is 5.38 Å². The average Bonchev–Trinajstić information content (AvgIpc) is 2.66. The van der Waals surface area contributed by atoms with Gasteiger partial charge in [-0.3, -0.25) is 4.79 Å². The Bertz CT molecular complexity index is 328. The third kappa shape index (κ3) is 4.85. The number of carbonyl (C=O) groups is 1. The molecular weight excluding hydrogens is 244 g/mol. The Hall–Kier alpha value is -0.750. The van der Waals surface area contributed by atoms with Gasteiger partial charge < -0.3 is 10.1 Å². The molecule has 1 heterocycles. The fourth-order valence-corrected chi connectivity index (χ4v) is 2.13. The Labute approximate surface area is 104 Å². The molecule has 0 aliphatic heterocycles. The Kier molecular flexibility index (Phi) is 6.25. The molecule has 90 valence electrons. The normalized spacial score (nSPS) is 10.1. The van der Waals surface area contributed by atoms with E-state index in [1.54, 1.807) is 18.7 Å². The van der Waals surface area contributed by atoms with Gasteiger partial charge in [0.05, 0.1) is 18.7 Å². The predicted octanol–water partition coefficient (Wildman–Crippen LogP) is 2.02. The Morgan fingerprint density at radius 2 is 2.50 bits per heavy atom. The van der Waals surface area contributed by atoms with Gasteiger partial charge in [-0.05, 0) is 13.2 Å². The number of aromatic nitrogens is 1. The van der Waals surface area contributed by atoms with Crippen LogP contribution < -0.4 is 5.32 Å². The van der Waals surface area contributed by atoms with Crippen LogP contribution in [0.1, 0.15) is 12.6 Å². The van der Waals surface area contributed by atoms with Crippen LogP contribution in [0.15, 0.2) is 5.38 Å². The number of thiazole rings is 1. The van der Waals surface area contributed by atoms with Crippen molar-refractivity contribution in [3.8, 4) is 0 Å². The third-order valence-corrected chi connectivity index (χ3v) is 3.23. The zero-order chi connectivity index (χ0) is 11.8. The predicted molar refractivity (Wildman–Crippen MR) is 69.3 cm³/mol. The first-order valence-corrected chi connectivity index (χ1v) is 7.36. The van der Waals surface area contributed by atoms with Gasteiger partial charge in [0.15, 0.2) is 5.13 Å². The molecule has 16 heavy (non-hydrogen) atoms. The lowest BCUT2D eigenvalue weighted by atomic mass is 10.3. The van der Waals surface area contributed by atoms with Gasteiger partial charge in [0.1, 0.15) is 0 Å². The molecule has 0 unspecified atom stereocenters. The first-order chi connectivity index (χ1) is 7.76. The number of nitrogens with zero attached hydrogens (tertiary/aromatic N) is 1. The molecule has 0 aliphatic carbocycles. The van der Waals surface area contributed by atoms with Crippen LogP contribution in [0.2, 0.25) is 0 Å². The number of hydrogen-bond donors (Lipinski definition) is 1. The van der Waals surface area contributed by atoms with E-state index < -0.39 is 0 Å². The van der Waals surface area contributed by atoms with Gasteiger partial charge in [-0.15, -0.1) is 11.3 Å². The molecule has 0 radical (unpaired) electrons. The van der Waals surface area contributed by atoms with Crippen molar-refractivity contribution in [1.29, 1.82) is 0 Å². The molecule has 1 N–H and O–H groups in total. The largest absolute Gasteiger partial charge is 0.466 e. The quantitative estimate of drug-likeness (QED) is 0.600. The van der Waals surface area contributed by atoms with Crippen molar-refractivity contribution in [3.63, 3.8) is 0 Å². The van der Waals surface area contributed by atoms with E-state index in [0.29, 0.717) is 6.61 Å². The number of rotatable bonds is 7. The second-order valence-electron chi connectivity index (χ2n) is 3.05. The molecule has 6 heteroatoms. The summed E-state index contributed by atoms with van der Waals surface area (Å²) in [7, 11) is 0. The fourth-order valence-electron chi connectivity index (χ4n) is 1.09. The minimum atomic E-state index is -0.219. The third-order valence-electron chi connectivity index (χ3n) is 1.76. The van der Waals surface area contributed by atoms with Gasteiger partial charge in [0.2, 0.25) is 0 Å². The van der Waals surface area contributed by atoms with Gasteiger partial charge in [-0.25, -0.2) is 4.98 Å². The van der Waals surface area contributed by atoms with E-state index in [0.717, 1.165) is 23.1 Å². The topological polar surface area (TPSA) is 51.2 Å². The molecule has 0 spiro atoms. The SMILES string of the molecule is CCOC(=O)Cc1csc(NCCSC)n1. The number of nitrogens with one attached hydrogen (secondary N) is 1. The van der Waals surface area contributed by atoms with Crippen LogP contribution in [-0.2, 0) is 16.0 Å². The number of anilines is 1. The Morgan fingerprint density at radius 3 is 3.19 bits per heavy atom. The molecule has 0 saturated carbocycles. The van der Waals surface area contributed by atoms with Crippen LogP contribution in [0.5, 0.6) is 0 Å². The summed E-state index contributed by atoms with van der Waals surface area (Å²) in [6.07, 6.45) is 2.32. The van der Waals surface area contributed by atoms with Crippen molar-refractivity contribution >= 4 is 34.2 Å². The zero-order valence-corrected chi connectivity index (χ0v) is 11.1. The van der Waals surface area contributed by atoms with Crippen LogP contribution >= 0.6 is 23.1 Å². The summed E-state index contributed by atoms with van der Waals surface area (Å²) < 4.78 is 4.86. The molecule has 0 aromatic carbocycles. The molecule has 0 atom stereocenters. The second-order valence-corrected chi connectivity index (χ2v) is 4.89. The summed E-state index contributed by atoms with van der Waals surface area (Å²) >= 11 is 3.31. The first-order valence-electron chi connectivity index (χ1n) is 5.09. The molecule has 0 aliphatic rings. The van der Waals surface area contributed by atoms with Crippen molar-refractivity contribution in [2.75, 3.05) is 30.5 Å². The maximum Gasteiger partial charge on any atom is 0.311 e. The molecule has 1 aromatic rings. The van der Waals surface area contributed by atoms with Crippen LogP contribution in [0.25, 0.3) is 0 Å². The number of esters is 1. The van der Waals surface area contributed by atoms with Gasteiger partial charge in [-0.1, -0.05) is 0 Å². The molecule has 0 saturated heterocycles. The molecule has 1 aromatic heterocycles. The highest BCUT2D eigenvalue weighted by Crippen LogP contribution is 2.15. The maximum absolute atomic E-state index is 11.2. The second kappa shape index (κ2) is 7.51. The first kappa shape index (κ1) is 13.3. The van der Waals surface area contributed by atoms with E-state index in [1.165, 1.54) is 11.3 Å². The van der Waals surface area contributed by atoms with Gasteiger partial charge in [-0.2, -0.15) is 11.8 Å². The maximum atomic E-state index is 11.2. The van der Waals surface area contributed by atoms with E-state index in [4.69, 9.17) is 4.74 Å². The van der Waals surface area contributed by atoms with Gasteiger partial charge >= 0.3 is 5.97 Å². The Morgan fingerprint density at radius 1 is 1.69 bits per heavy atom. The molecule has 0 fully saturated rings. The highest BCUT2D eigenvalue weighted by atomic mass is 32.2. The standard InChI is InChI=1S/C10H16N2O2S2/c1-3-14-9(13)6-8-7-16-10(12-8)11-4-5-15-2/h7H,3-6H2,1-2H3,(H,11,12). The summed E-state index contributed by atoms with van der Waals surface area (Å²) in [5.41, 5.74) is 0.773. The smallest absolute Gasteiger partial charge is 0.311 e. The lowest BCUT2D eigenvalue weighted by Gasteiger charge is -2.00. The number of carbonyl (C=O) groups excluding carboxylic acids is 1. The minimum Gasteiger partial charge on any atom is -0.466 e. The van der Waals surface area contributed by atoms with Crippen LogP contribution in [-0.4, -0.2) is 36.1 Å². The van der Waals surface area contributed by atoms with E-state index >= 15 is 0 Å². The number of thioether (sulfide) groups is 1. The monoisotopic (exact) mass is 260 g/mol. The molecule has 0 amide bonds. The number of hydrogen-bond acceptors (Lipinski definition) is 6. The lowest BCUT2D eigenvalue weighted by molar-refractivity contribution is -0.142. The van der Waals surface area contributed by atoms with Crippen molar-refractivity contribution in [2.45, 2.75) is 13.3 Å². The summed E-state index contributed by atoms with van der Waals surface area (Å²) in [6, 6.07) is 0. The van der Waals surface area contributed by atoms with Crippen molar-refractivity contribution < 1.29 is 9.53 Å². The van der Waals surface area contributed by atoms with E-state index in [2.05, 4.69) is 16.6 Å². The van der Waals surface area contributed by atoms with E-state index in [-0.39, 0.29) is 12.4 Å². The van der Waals surface area contributed by atoms with Gasteiger partial charge in [0, 0.05) is 17.7 Å².